The lowest BCUT2D eigenvalue weighted by Crippen LogP contribution is -2.32. The number of likely N-dealkylation sites (N-methyl/N-ethyl adjacent to an activating group) is 1. The smallest absolute Gasteiger partial charge is 0.314 e. The number of benzene rings is 1. The topological polar surface area (TPSA) is 40.5 Å². The van der Waals surface area contributed by atoms with Gasteiger partial charge in [0, 0.05) is 19.3 Å². The van der Waals surface area contributed by atoms with E-state index in [0.717, 1.165) is 44.2 Å². The van der Waals surface area contributed by atoms with Crippen LogP contribution in [0.2, 0.25) is 0 Å². The molecule has 1 heterocycles. The Morgan fingerprint density at radius 3 is 2.72 bits per heavy atom. The molecule has 0 aromatic heterocycles. The van der Waals surface area contributed by atoms with Crippen molar-refractivity contribution in [1.82, 2.24) is 0 Å². The van der Waals surface area contributed by atoms with E-state index in [9.17, 15) is 9.90 Å². The van der Waals surface area contributed by atoms with Crippen molar-refractivity contribution >= 4 is 11.7 Å². The Kier molecular flexibility index (Phi) is 2.58. The lowest BCUT2D eigenvalue weighted by atomic mass is 9.78. The Bertz CT molecular complexity index is 489. The highest BCUT2D eigenvalue weighted by Gasteiger charge is 2.43. The van der Waals surface area contributed by atoms with Crippen LogP contribution < -0.4 is 4.90 Å². The van der Waals surface area contributed by atoms with Gasteiger partial charge in [0.15, 0.2) is 0 Å². The maximum Gasteiger partial charge on any atom is 0.314 e. The van der Waals surface area contributed by atoms with Gasteiger partial charge in [-0.1, -0.05) is 25.0 Å². The van der Waals surface area contributed by atoms with Crippen LogP contribution in [0.5, 0.6) is 0 Å². The van der Waals surface area contributed by atoms with Crippen LogP contribution >= 0.6 is 0 Å². The first-order valence-corrected chi connectivity index (χ1v) is 6.71. The first-order chi connectivity index (χ1) is 8.63. The molecule has 3 nitrogen and oxygen atoms in total. The summed E-state index contributed by atoms with van der Waals surface area (Å²) in [5, 5.41) is 9.61. The zero-order chi connectivity index (χ0) is 12.8. The minimum atomic E-state index is -0.647. The number of aliphatic carboxylic acids is 1. The molecular weight excluding hydrogens is 226 g/mol. The Morgan fingerprint density at radius 1 is 1.33 bits per heavy atom. The molecule has 1 N–H and O–H groups in total. The second-order valence-electron chi connectivity index (χ2n) is 5.61. The number of carbonyl (C=O) groups is 1. The van der Waals surface area contributed by atoms with Crippen molar-refractivity contribution in [3.8, 4) is 0 Å². The summed E-state index contributed by atoms with van der Waals surface area (Å²) in [6.45, 7) is 1.04. The van der Waals surface area contributed by atoms with E-state index >= 15 is 0 Å². The molecule has 1 aliphatic carbocycles. The summed E-state index contributed by atoms with van der Waals surface area (Å²) in [7, 11) is 2.09. The Labute approximate surface area is 107 Å². The molecule has 18 heavy (non-hydrogen) atoms. The molecule has 0 amide bonds. The summed E-state index contributed by atoms with van der Waals surface area (Å²) in [6, 6.07) is 6.26. The van der Waals surface area contributed by atoms with Gasteiger partial charge in [0.05, 0.1) is 5.41 Å². The molecule has 1 aliphatic heterocycles. The minimum absolute atomic E-state index is 0.615. The van der Waals surface area contributed by atoms with Crippen LogP contribution in [0.25, 0.3) is 0 Å². The van der Waals surface area contributed by atoms with Gasteiger partial charge < -0.3 is 10.0 Å². The van der Waals surface area contributed by atoms with Crippen LogP contribution in [0.4, 0.5) is 5.69 Å². The number of carboxylic acids is 1. The van der Waals surface area contributed by atoms with Gasteiger partial charge in [0.1, 0.15) is 0 Å². The van der Waals surface area contributed by atoms with Crippen LogP contribution in [0, 0.1) is 0 Å². The molecule has 0 bridgehead atoms. The molecule has 1 saturated carbocycles. The van der Waals surface area contributed by atoms with Crippen molar-refractivity contribution < 1.29 is 9.90 Å². The van der Waals surface area contributed by atoms with Crippen LogP contribution in [0.3, 0.4) is 0 Å². The normalized spacial score (nSPS) is 21.1. The summed E-state index contributed by atoms with van der Waals surface area (Å²) in [4.78, 5) is 13.9. The van der Waals surface area contributed by atoms with Crippen molar-refractivity contribution in [3.05, 3.63) is 29.3 Å². The Morgan fingerprint density at radius 2 is 2.06 bits per heavy atom. The second-order valence-corrected chi connectivity index (χ2v) is 5.61. The molecule has 1 fully saturated rings. The van der Waals surface area contributed by atoms with Crippen molar-refractivity contribution in [2.75, 3.05) is 18.5 Å². The fourth-order valence-corrected chi connectivity index (χ4v) is 3.47. The predicted molar refractivity (Wildman–Crippen MR) is 71.2 cm³/mol. The largest absolute Gasteiger partial charge is 0.481 e. The van der Waals surface area contributed by atoms with Crippen LogP contribution in [-0.4, -0.2) is 24.7 Å². The lowest BCUT2D eigenvalue weighted by molar-refractivity contribution is -0.143. The maximum atomic E-state index is 11.7. The standard InChI is InChI=1S/C15H19NO2/c1-16-9-6-11-10-12(4-5-13(11)16)15(14(17)18)7-2-3-8-15/h4-5,10H,2-3,6-9H2,1H3,(H,17,18). The van der Waals surface area contributed by atoms with Crippen LogP contribution in [0.1, 0.15) is 36.8 Å². The molecule has 0 atom stereocenters. The molecular formula is C15H19NO2. The number of nitrogens with zero attached hydrogens (tertiary/aromatic N) is 1. The van der Waals surface area contributed by atoms with Gasteiger partial charge in [0.25, 0.3) is 0 Å². The summed E-state index contributed by atoms with van der Waals surface area (Å²) < 4.78 is 0. The third kappa shape index (κ3) is 1.53. The SMILES string of the molecule is CN1CCc2cc(C3(C(=O)O)CCCC3)ccc21. The summed E-state index contributed by atoms with van der Waals surface area (Å²) in [5.74, 6) is -0.647. The van der Waals surface area contributed by atoms with Gasteiger partial charge in [-0.25, -0.2) is 0 Å². The monoisotopic (exact) mass is 245 g/mol. The zero-order valence-corrected chi connectivity index (χ0v) is 10.8. The fourth-order valence-electron chi connectivity index (χ4n) is 3.47. The molecule has 96 valence electrons. The molecule has 0 spiro atoms. The lowest BCUT2D eigenvalue weighted by Gasteiger charge is -2.25. The van der Waals surface area contributed by atoms with Crippen molar-refractivity contribution in [1.29, 1.82) is 0 Å². The number of rotatable bonds is 2. The first-order valence-electron chi connectivity index (χ1n) is 6.71. The number of carboxylic acid groups (broad SMARTS) is 1. The van der Waals surface area contributed by atoms with E-state index in [0.29, 0.717) is 0 Å². The average molecular weight is 245 g/mol. The van der Waals surface area contributed by atoms with Gasteiger partial charge >= 0.3 is 5.97 Å². The van der Waals surface area contributed by atoms with Gasteiger partial charge in [-0.3, -0.25) is 4.79 Å². The number of hydrogen-bond acceptors (Lipinski definition) is 2. The Balaban J connectivity index is 2.04. The van der Waals surface area contributed by atoms with E-state index < -0.39 is 11.4 Å². The second kappa shape index (κ2) is 4.01. The Hall–Kier alpha value is -1.51. The van der Waals surface area contributed by atoms with Gasteiger partial charge in [-0.2, -0.15) is 0 Å². The molecule has 0 saturated heterocycles. The zero-order valence-electron chi connectivity index (χ0n) is 10.8. The fraction of sp³-hybridized carbons (Fsp3) is 0.533. The maximum absolute atomic E-state index is 11.7. The highest BCUT2D eigenvalue weighted by Crippen LogP contribution is 2.43. The third-order valence-corrected chi connectivity index (χ3v) is 4.63. The minimum Gasteiger partial charge on any atom is -0.481 e. The molecule has 0 radical (unpaired) electrons. The van der Waals surface area contributed by atoms with E-state index in [2.05, 4.69) is 24.1 Å². The van der Waals surface area contributed by atoms with Gasteiger partial charge in [-0.15, -0.1) is 0 Å². The van der Waals surface area contributed by atoms with Crippen molar-refractivity contribution in [3.63, 3.8) is 0 Å². The van der Waals surface area contributed by atoms with Gasteiger partial charge in [0.2, 0.25) is 0 Å². The van der Waals surface area contributed by atoms with E-state index in [1.807, 2.05) is 6.07 Å². The molecule has 3 heteroatoms. The van der Waals surface area contributed by atoms with E-state index in [4.69, 9.17) is 0 Å². The quantitative estimate of drug-likeness (QED) is 0.870. The molecule has 1 aromatic carbocycles. The van der Waals surface area contributed by atoms with E-state index in [1.54, 1.807) is 0 Å². The van der Waals surface area contributed by atoms with E-state index in [-0.39, 0.29) is 0 Å². The number of hydrogen-bond donors (Lipinski definition) is 1. The van der Waals surface area contributed by atoms with E-state index in [1.165, 1.54) is 11.3 Å². The molecule has 1 aromatic rings. The highest BCUT2D eigenvalue weighted by molar-refractivity contribution is 5.82. The molecule has 3 rings (SSSR count). The van der Waals surface area contributed by atoms with Crippen molar-refractivity contribution in [2.45, 2.75) is 37.5 Å². The molecule has 2 aliphatic rings. The van der Waals surface area contributed by atoms with Crippen LogP contribution in [0.15, 0.2) is 18.2 Å². The third-order valence-electron chi connectivity index (χ3n) is 4.63. The highest BCUT2D eigenvalue weighted by atomic mass is 16.4. The van der Waals surface area contributed by atoms with Crippen LogP contribution in [-0.2, 0) is 16.6 Å². The predicted octanol–water partition coefficient (Wildman–Crippen LogP) is 2.58. The summed E-state index contributed by atoms with van der Waals surface area (Å²) in [6.07, 6.45) is 4.68. The first kappa shape index (κ1) is 11.6. The van der Waals surface area contributed by atoms with Crippen molar-refractivity contribution in [2.24, 2.45) is 0 Å². The molecule has 0 unspecified atom stereocenters. The summed E-state index contributed by atoms with van der Waals surface area (Å²) >= 11 is 0. The van der Waals surface area contributed by atoms with Gasteiger partial charge in [-0.05, 0) is 36.5 Å². The average Bonchev–Trinajstić information content (AvgIpc) is 2.97. The number of anilines is 1. The number of fused-ring (bicyclic) bond motifs is 1. The summed E-state index contributed by atoms with van der Waals surface area (Å²) in [5.41, 5.74) is 2.97.